The molecule has 0 unspecified atom stereocenters. The van der Waals surface area contributed by atoms with Gasteiger partial charge < -0.3 is 9.32 Å². The average molecular weight is 299 g/mol. The fraction of sp³-hybridized carbons (Fsp3) is 0.444. The van der Waals surface area contributed by atoms with Gasteiger partial charge in [-0.05, 0) is 43.7 Å². The number of fused-ring (bicyclic) bond motifs is 1. The van der Waals surface area contributed by atoms with Crippen LogP contribution in [0.5, 0.6) is 0 Å². The summed E-state index contributed by atoms with van der Waals surface area (Å²) < 4.78 is 5.27. The lowest BCUT2D eigenvalue weighted by Crippen LogP contribution is -2.40. The summed E-state index contributed by atoms with van der Waals surface area (Å²) in [5.41, 5.74) is 0.0812. The monoisotopic (exact) mass is 299 g/mol. The topological polar surface area (TPSA) is 50.5 Å². The largest absolute Gasteiger partial charge is 0.422 e. The fourth-order valence-corrected chi connectivity index (χ4v) is 3.20. The normalized spacial score (nSPS) is 21.7. The molecule has 2 aromatic rings. The quantitative estimate of drug-likeness (QED) is 0.798. The Bertz CT molecular complexity index is 741. The molecule has 4 nitrogen and oxygen atoms in total. The van der Waals surface area contributed by atoms with Crippen LogP contribution >= 0.6 is 0 Å². The molecule has 1 aliphatic rings. The summed E-state index contributed by atoms with van der Waals surface area (Å²) >= 11 is 0. The van der Waals surface area contributed by atoms with Crippen LogP contribution in [0.15, 0.2) is 39.5 Å². The van der Waals surface area contributed by atoms with E-state index in [1.807, 2.05) is 18.2 Å². The predicted octanol–water partition coefficient (Wildman–Crippen LogP) is 3.44. The summed E-state index contributed by atoms with van der Waals surface area (Å²) in [6.07, 6.45) is 4.27. The predicted molar refractivity (Wildman–Crippen MR) is 86.0 cm³/mol. The van der Waals surface area contributed by atoms with Gasteiger partial charge in [-0.2, -0.15) is 0 Å². The molecule has 4 heteroatoms. The Balaban J connectivity index is 1.88. The van der Waals surface area contributed by atoms with Crippen molar-refractivity contribution >= 4 is 16.9 Å². The molecule has 0 spiro atoms. The first kappa shape index (κ1) is 14.8. The third-order valence-electron chi connectivity index (χ3n) is 4.73. The van der Waals surface area contributed by atoms with Crippen LogP contribution in [0.3, 0.4) is 0 Å². The van der Waals surface area contributed by atoms with E-state index in [0.717, 1.165) is 37.0 Å². The van der Waals surface area contributed by atoms with Crippen molar-refractivity contribution in [2.45, 2.75) is 38.6 Å². The first-order valence-electron chi connectivity index (χ1n) is 7.86. The Morgan fingerprint density at radius 1 is 1.18 bits per heavy atom. The number of carbonyl (C=O) groups is 1. The molecule has 0 atom stereocenters. The molecule has 1 saturated carbocycles. The minimum Gasteiger partial charge on any atom is -0.422 e. The molecule has 1 aromatic carbocycles. The molecule has 22 heavy (non-hydrogen) atoms. The Labute approximate surface area is 129 Å². The number of hydrogen-bond donors (Lipinski definition) is 0. The highest BCUT2D eigenvalue weighted by molar-refractivity contribution is 5.96. The second kappa shape index (κ2) is 5.95. The van der Waals surface area contributed by atoms with Crippen LogP contribution < -0.4 is 5.63 Å². The minimum absolute atomic E-state index is 0.125. The molecule has 1 amide bonds. The molecule has 1 aromatic heterocycles. The van der Waals surface area contributed by atoms with E-state index in [4.69, 9.17) is 4.42 Å². The maximum atomic E-state index is 12.7. The summed E-state index contributed by atoms with van der Waals surface area (Å²) in [6.45, 7) is 2.25. The van der Waals surface area contributed by atoms with E-state index >= 15 is 0 Å². The SMILES string of the molecule is CC1CCC(N(C)C(=O)c2cc3ccccc3oc2=O)CC1. The summed E-state index contributed by atoms with van der Waals surface area (Å²) in [6, 6.07) is 9.11. The van der Waals surface area contributed by atoms with Crippen molar-refractivity contribution < 1.29 is 9.21 Å². The van der Waals surface area contributed by atoms with Crippen LogP contribution in [-0.2, 0) is 0 Å². The molecule has 116 valence electrons. The van der Waals surface area contributed by atoms with Crippen molar-refractivity contribution in [3.8, 4) is 0 Å². The van der Waals surface area contributed by atoms with Gasteiger partial charge in [-0.1, -0.05) is 25.1 Å². The van der Waals surface area contributed by atoms with E-state index in [0.29, 0.717) is 5.58 Å². The number of carbonyl (C=O) groups excluding carboxylic acids is 1. The molecular formula is C18H21NO3. The molecule has 0 radical (unpaired) electrons. The van der Waals surface area contributed by atoms with Gasteiger partial charge in [-0.25, -0.2) is 4.79 Å². The van der Waals surface area contributed by atoms with Crippen molar-refractivity contribution in [3.05, 3.63) is 46.3 Å². The summed E-state index contributed by atoms with van der Waals surface area (Å²) in [4.78, 5) is 26.5. The first-order chi connectivity index (χ1) is 10.6. The molecule has 0 N–H and O–H groups in total. The number of rotatable bonds is 2. The second-order valence-electron chi connectivity index (χ2n) is 6.32. The van der Waals surface area contributed by atoms with E-state index in [-0.39, 0.29) is 17.5 Å². The highest BCUT2D eigenvalue weighted by Crippen LogP contribution is 2.27. The summed E-state index contributed by atoms with van der Waals surface area (Å²) in [5, 5.41) is 0.774. The van der Waals surface area contributed by atoms with E-state index in [1.165, 1.54) is 0 Å². The third kappa shape index (κ3) is 2.78. The van der Waals surface area contributed by atoms with Crippen LogP contribution in [-0.4, -0.2) is 23.9 Å². The molecular weight excluding hydrogens is 278 g/mol. The van der Waals surface area contributed by atoms with Crippen LogP contribution in [0.4, 0.5) is 0 Å². The van der Waals surface area contributed by atoms with Crippen LogP contribution in [0, 0.1) is 5.92 Å². The molecule has 0 saturated heterocycles. The van der Waals surface area contributed by atoms with Gasteiger partial charge in [0.2, 0.25) is 0 Å². The van der Waals surface area contributed by atoms with E-state index in [1.54, 1.807) is 24.1 Å². The Morgan fingerprint density at radius 3 is 2.59 bits per heavy atom. The van der Waals surface area contributed by atoms with Gasteiger partial charge in [-0.3, -0.25) is 4.79 Å². The molecule has 1 aliphatic carbocycles. The highest BCUT2D eigenvalue weighted by Gasteiger charge is 2.27. The van der Waals surface area contributed by atoms with Crippen LogP contribution in [0.1, 0.15) is 43.0 Å². The van der Waals surface area contributed by atoms with Crippen LogP contribution in [0.2, 0.25) is 0 Å². The average Bonchev–Trinajstić information content (AvgIpc) is 2.53. The Morgan fingerprint density at radius 2 is 1.86 bits per heavy atom. The second-order valence-corrected chi connectivity index (χ2v) is 6.32. The molecule has 0 bridgehead atoms. The zero-order valence-electron chi connectivity index (χ0n) is 13.0. The zero-order valence-corrected chi connectivity index (χ0v) is 13.0. The van der Waals surface area contributed by atoms with Gasteiger partial charge in [0.25, 0.3) is 5.91 Å². The van der Waals surface area contributed by atoms with Gasteiger partial charge in [-0.15, -0.1) is 0 Å². The van der Waals surface area contributed by atoms with E-state index in [9.17, 15) is 9.59 Å². The lowest BCUT2D eigenvalue weighted by molar-refractivity contribution is 0.0675. The van der Waals surface area contributed by atoms with Crippen molar-refractivity contribution in [2.24, 2.45) is 5.92 Å². The maximum Gasteiger partial charge on any atom is 0.349 e. The molecule has 3 rings (SSSR count). The fourth-order valence-electron chi connectivity index (χ4n) is 3.20. The standard InChI is InChI=1S/C18H21NO3/c1-12-7-9-14(10-8-12)19(2)17(20)15-11-13-5-3-4-6-16(13)22-18(15)21/h3-6,11-12,14H,7-10H2,1-2H3. The molecule has 0 aliphatic heterocycles. The van der Waals surface area contributed by atoms with Gasteiger partial charge in [0.15, 0.2) is 0 Å². The Hall–Kier alpha value is -2.10. The van der Waals surface area contributed by atoms with Crippen molar-refractivity contribution in [1.29, 1.82) is 0 Å². The van der Waals surface area contributed by atoms with Crippen molar-refractivity contribution in [1.82, 2.24) is 4.90 Å². The lowest BCUT2D eigenvalue weighted by atomic mass is 9.86. The lowest BCUT2D eigenvalue weighted by Gasteiger charge is -2.33. The number of para-hydroxylation sites is 1. The Kier molecular flexibility index (Phi) is 4.01. The van der Waals surface area contributed by atoms with E-state index in [2.05, 4.69) is 6.92 Å². The van der Waals surface area contributed by atoms with Crippen LogP contribution in [0.25, 0.3) is 11.0 Å². The number of benzene rings is 1. The minimum atomic E-state index is -0.556. The highest BCUT2D eigenvalue weighted by atomic mass is 16.4. The number of amides is 1. The van der Waals surface area contributed by atoms with Crippen molar-refractivity contribution in [2.75, 3.05) is 7.05 Å². The number of nitrogens with zero attached hydrogens (tertiary/aromatic N) is 1. The van der Waals surface area contributed by atoms with Gasteiger partial charge in [0.05, 0.1) is 0 Å². The smallest absolute Gasteiger partial charge is 0.349 e. The first-order valence-corrected chi connectivity index (χ1v) is 7.86. The van der Waals surface area contributed by atoms with Crippen molar-refractivity contribution in [3.63, 3.8) is 0 Å². The number of hydrogen-bond acceptors (Lipinski definition) is 3. The summed E-state index contributed by atoms with van der Waals surface area (Å²) in [7, 11) is 1.79. The molecule has 1 heterocycles. The maximum absolute atomic E-state index is 12.7. The summed E-state index contributed by atoms with van der Waals surface area (Å²) in [5.74, 6) is 0.490. The zero-order chi connectivity index (χ0) is 15.7. The van der Waals surface area contributed by atoms with E-state index < -0.39 is 5.63 Å². The van der Waals surface area contributed by atoms with Gasteiger partial charge >= 0.3 is 5.63 Å². The van der Waals surface area contributed by atoms with Gasteiger partial charge in [0, 0.05) is 18.5 Å². The van der Waals surface area contributed by atoms with Gasteiger partial charge in [0.1, 0.15) is 11.1 Å². The molecule has 1 fully saturated rings. The third-order valence-corrected chi connectivity index (χ3v) is 4.73.